The van der Waals surface area contributed by atoms with E-state index in [-0.39, 0.29) is 11.2 Å². The summed E-state index contributed by atoms with van der Waals surface area (Å²) >= 11 is 0. The molecule has 0 heterocycles. The Labute approximate surface area is 108 Å². The van der Waals surface area contributed by atoms with Gasteiger partial charge in [0.25, 0.3) is 0 Å². The number of allylic oxidation sites excluding steroid dienone is 1. The molecule has 0 aromatic heterocycles. The molecule has 1 aliphatic carbocycles. The van der Waals surface area contributed by atoms with E-state index in [1.807, 2.05) is 6.07 Å². The quantitative estimate of drug-likeness (QED) is 0.729. The molecule has 0 amide bonds. The number of hydrogen-bond acceptors (Lipinski definition) is 1. The summed E-state index contributed by atoms with van der Waals surface area (Å²) in [4.78, 5) is 4.25. The van der Waals surface area contributed by atoms with Crippen molar-refractivity contribution in [2.45, 2.75) is 31.6 Å². The second-order valence-corrected chi connectivity index (χ2v) is 5.11. The number of rotatable bonds is 2. The Morgan fingerprint density at radius 1 is 1.44 bits per heavy atom. The standard InChI is InChI=1S/C16H18FN/c1-4-18-15-8-9-16(3,11-12(15)2)13-6-5-7-14(17)10-13/h4-7,10H,1-2,8-9,11H2,3H3. The zero-order valence-electron chi connectivity index (χ0n) is 10.7. The monoisotopic (exact) mass is 243 g/mol. The molecule has 2 heteroatoms. The Morgan fingerprint density at radius 2 is 2.22 bits per heavy atom. The lowest BCUT2D eigenvalue weighted by molar-refractivity contribution is 0.425. The van der Waals surface area contributed by atoms with Crippen molar-refractivity contribution in [3.05, 3.63) is 60.6 Å². The molecule has 1 atom stereocenters. The summed E-state index contributed by atoms with van der Waals surface area (Å²) in [6, 6.07) is 6.87. The molecule has 1 fully saturated rings. The van der Waals surface area contributed by atoms with Crippen LogP contribution in [0.1, 0.15) is 31.7 Å². The third-order valence-corrected chi connectivity index (χ3v) is 3.69. The molecular weight excluding hydrogens is 225 g/mol. The molecule has 0 radical (unpaired) electrons. The van der Waals surface area contributed by atoms with Gasteiger partial charge in [0.15, 0.2) is 0 Å². The number of halogens is 1. The first-order valence-corrected chi connectivity index (χ1v) is 6.17. The first-order chi connectivity index (χ1) is 8.55. The van der Waals surface area contributed by atoms with E-state index in [1.54, 1.807) is 18.3 Å². The Morgan fingerprint density at radius 3 is 2.83 bits per heavy atom. The van der Waals surface area contributed by atoms with E-state index in [2.05, 4.69) is 25.1 Å². The lowest BCUT2D eigenvalue weighted by atomic mass is 9.69. The molecule has 1 unspecified atom stereocenters. The van der Waals surface area contributed by atoms with Crippen molar-refractivity contribution in [1.29, 1.82) is 0 Å². The molecule has 1 aromatic rings. The van der Waals surface area contributed by atoms with Crippen LogP contribution in [0.15, 0.2) is 54.2 Å². The summed E-state index contributed by atoms with van der Waals surface area (Å²) in [7, 11) is 0. The molecule has 0 N–H and O–H groups in total. The molecular formula is C16H18FN. The maximum atomic E-state index is 13.3. The van der Waals surface area contributed by atoms with E-state index in [9.17, 15) is 4.39 Å². The van der Waals surface area contributed by atoms with Crippen molar-refractivity contribution in [1.82, 2.24) is 0 Å². The van der Waals surface area contributed by atoms with Gasteiger partial charge in [-0.25, -0.2) is 4.39 Å². The van der Waals surface area contributed by atoms with Crippen molar-refractivity contribution in [3.63, 3.8) is 0 Å². The van der Waals surface area contributed by atoms with Crippen LogP contribution in [0.5, 0.6) is 0 Å². The van der Waals surface area contributed by atoms with Crippen LogP contribution in [0, 0.1) is 5.82 Å². The highest BCUT2D eigenvalue weighted by Crippen LogP contribution is 2.40. The van der Waals surface area contributed by atoms with Crippen molar-refractivity contribution in [2.24, 2.45) is 4.99 Å². The van der Waals surface area contributed by atoms with Gasteiger partial charge in [-0.2, -0.15) is 0 Å². The van der Waals surface area contributed by atoms with Gasteiger partial charge in [-0.3, -0.25) is 4.99 Å². The van der Waals surface area contributed by atoms with Crippen LogP contribution in [0.2, 0.25) is 0 Å². The first kappa shape index (κ1) is 12.7. The molecule has 2 rings (SSSR count). The van der Waals surface area contributed by atoms with Gasteiger partial charge < -0.3 is 0 Å². The lowest BCUT2D eigenvalue weighted by Gasteiger charge is -2.36. The largest absolute Gasteiger partial charge is 0.262 e. The van der Waals surface area contributed by atoms with E-state index in [0.29, 0.717) is 0 Å². The average molecular weight is 243 g/mol. The highest BCUT2D eigenvalue weighted by atomic mass is 19.1. The number of nitrogens with zero attached hydrogens (tertiary/aromatic N) is 1. The summed E-state index contributed by atoms with van der Waals surface area (Å²) in [5.41, 5.74) is 3.06. The minimum Gasteiger partial charge on any atom is -0.262 e. The molecule has 1 nitrogen and oxygen atoms in total. The van der Waals surface area contributed by atoms with Gasteiger partial charge >= 0.3 is 0 Å². The van der Waals surface area contributed by atoms with E-state index >= 15 is 0 Å². The van der Waals surface area contributed by atoms with Gasteiger partial charge in [0.05, 0.1) is 0 Å². The van der Waals surface area contributed by atoms with E-state index in [1.165, 1.54) is 6.07 Å². The molecule has 1 aromatic carbocycles. The minimum atomic E-state index is -0.176. The Hall–Kier alpha value is -1.70. The highest BCUT2D eigenvalue weighted by molar-refractivity contribution is 6.01. The van der Waals surface area contributed by atoms with Crippen LogP contribution in [0.25, 0.3) is 0 Å². The smallest absolute Gasteiger partial charge is 0.123 e. The molecule has 1 saturated carbocycles. The van der Waals surface area contributed by atoms with E-state index < -0.39 is 0 Å². The zero-order valence-corrected chi connectivity index (χ0v) is 10.7. The van der Waals surface area contributed by atoms with Gasteiger partial charge in [0.2, 0.25) is 0 Å². The lowest BCUT2D eigenvalue weighted by Crippen LogP contribution is -2.30. The fraction of sp³-hybridized carbons (Fsp3) is 0.312. The fourth-order valence-corrected chi connectivity index (χ4v) is 2.61. The zero-order chi connectivity index (χ0) is 13.2. The number of hydrogen-bond donors (Lipinski definition) is 0. The summed E-state index contributed by atoms with van der Waals surface area (Å²) in [6.45, 7) is 9.87. The molecule has 0 saturated heterocycles. The maximum Gasteiger partial charge on any atom is 0.123 e. The predicted molar refractivity (Wildman–Crippen MR) is 74.4 cm³/mol. The van der Waals surface area contributed by atoms with Crippen molar-refractivity contribution >= 4 is 5.71 Å². The van der Waals surface area contributed by atoms with Crippen LogP contribution >= 0.6 is 0 Å². The van der Waals surface area contributed by atoms with E-state index in [0.717, 1.165) is 36.1 Å². The van der Waals surface area contributed by atoms with Crippen molar-refractivity contribution < 1.29 is 4.39 Å². The summed E-state index contributed by atoms with van der Waals surface area (Å²) in [5.74, 6) is -0.176. The average Bonchev–Trinajstić information content (AvgIpc) is 2.33. The molecule has 1 aliphatic rings. The number of benzene rings is 1. The van der Waals surface area contributed by atoms with Gasteiger partial charge in [-0.15, -0.1) is 0 Å². The van der Waals surface area contributed by atoms with E-state index in [4.69, 9.17) is 0 Å². The van der Waals surface area contributed by atoms with Crippen molar-refractivity contribution in [2.75, 3.05) is 0 Å². The maximum absolute atomic E-state index is 13.3. The first-order valence-electron chi connectivity index (χ1n) is 6.17. The molecule has 0 aliphatic heterocycles. The normalized spacial score (nSPS) is 26.3. The van der Waals surface area contributed by atoms with Gasteiger partial charge in [-0.1, -0.05) is 32.2 Å². The fourth-order valence-electron chi connectivity index (χ4n) is 2.61. The SMILES string of the molecule is C=CN=C1CCC(C)(c2cccc(F)c2)CC1=C. The van der Waals surface area contributed by atoms with Gasteiger partial charge in [0, 0.05) is 11.9 Å². The second-order valence-electron chi connectivity index (χ2n) is 5.11. The summed E-state index contributed by atoms with van der Waals surface area (Å²) in [5, 5.41) is 0. The molecule has 0 spiro atoms. The summed E-state index contributed by atoms with van der Waals surface area (Å²) < 4.78 is 13.3. The second kappa shape index (κ2) is 4.89. The number of aliphatic imine (C=N–C) groups is 1. The van der Waals surface area contributed by atoms with Gasteiger partial charge in [0.1, 0.15) is 5.82 Å². The van der Waals surface area contributed by atoms with Crippen LogP contribution in [0.4, 0.5) is 4.39 Å². The molecule has 18 heavy (non-hydrogen) atoms. The van der Waals surface area contributed by atoms with Gasteiger partial charge in [-0.05, 0) is 47.9 Å². The van der Waals surface area contributed by atoms with Crippen LogP contribution in [-0.4, -0.2) is 5.71 Å². The molecule has 94 valence electrons. The predicted octanol–water partition coefficient (Wildman–Crippen LogP) is 4.41. The Kier molecular flexibility index (Phi) is 3.46. The third kappa shape index (κ3) is 2.42. The summed E-state index contributed by atoms with van der Waals surface area (Å²) in [6.07, 6.45) is 4.22. The van der Waals surface area contributed by atoms with Crippen molar-refractivity contribution in [3.8, 4) is 0 Å². The Balaban J connectivity index is 2.27. The molecule has 0 bridgehead atoms. The topological polar surface area (TPSA) is 12.4 Å². The van der Waals surface area contributed by atoms with Crippen LogP contribution < -0.4 is 0 Å². The highest BCUT2D eigenvalue weighted by Gasteiger charge is 2.33. The Bertz CT molecular complexity index is 516. The minimum absolute atomic E-state index is 0.0423. The van der Waals surface area contributed by atoms with Crippen LogP contribution in [-0.2, 0) is 5.41 Å². The van der Waals surface area contributed by atoms with Crippen LogP contribution in [0.3, 0.4) is 0 Å². The third-order valence-electron chi connectivity index (χ3n) is 3.69.